The summed E-state index contributed by atoms with van der Waals surface area (Å²) in [6, 6.07) is 1.61. The number of halogens is 1. The number of amides is 1. The van der Waals surface area contributed by atoms with Crippen LogP contribution < -0.4 is 5.32 Å². The van der Waals surface area contributed by atoms with Gasteiger partial charge in [0.15, 0.2) is 0 Å². The number of nitrogens with one attached hydrogen (secondary N) is 1. The Labute approximate surface area is 105 Å². The number of piperidine rings is 1. The van der Waals surface area contributed by atoms with Gasteiger partial charge in [0, 0.05) is 13.1 Å². The highest BCUT2D eigenvalue weighted by Gasteiger charge is 2.35. The van der Waals surface area contributed by atoms with Gasteiger partial charge in [0.1, 0.15) is 0 Å². The summed E-state index contributed by atoms with van der Waals surface area (Å²) in [6.45, 7) is 3.72. The molecule has 0 spiro atoms. The van der Waals surface area contributed by atoms with E-state index in [-0.39, 0.29) is 11.7 Å². The van der Waals surface area contributed by atoms with Crippen LogP contribution in [-0.4, -0.2) is 37.0 Å². The molecule has 2 aliphatic heterocycles. The summed E-state index contributed by atoms with van der Waals surface area (Å²) in [7, 11) is 0. The van der Waals surface area contributed by atoms with E-state index in [2.05, 4.69) is 5.32 Å². The van der Waals surface area contributed by atoms with Gasteiger partial charge in [0.25, 0.3) is 5.91 Å². The number of furan rings is 1. The van der Waals surface area contributed by atoms with Crippen LogP contribution in [0.4, 0.5) is 0 Å². The van der Waals surface area contributed by atoms with Gasteiger partial charge in [-0.05, 0) is 37.4 Å². The van der Waals surface area contributed by atoms with Gasteiger partial charge < -0.3 is 14.6 Å². The fourth-order valence-electron chi connectivity index (χ4n) is 2.81. The fraction of sp³-hybridized carbons (Fsp3) is 0.583. The summed E-state index contributed by atoms with van der Waals surface area (Å²) in [5, 5.41) is 3.79. The minimum absolute atomic E-state index is 0.0784. The van der Waals surface area contributed by atoms with Gasteiger partial charge in [-0.2, -0.15) is 0 Å². The van der Waals surface area contributed by atoms with Crippen LogP contribution in [0.3, 0.4) is 0 Å². The molecule has 3 rings (SSSR count). The first-order valence-corrected chi connectivity index (χ1v) is 6.36. The van der Waals surface area contributed by atoms with Gasteiger partial charge in [-0.1, -0.05) is 11.6 Å². The zero-order valence-corrected chi connectivity index (χ0v) is 10.2. The molecule has 0 saturated carbocycles. The number of hydrogen-bond acceptors (Lipinski definition) is 3. The first kappa shape index (κ1) is 11.1. The molecule has 0 radical (unpaired) electrons. The molecule has 1 N–H and O–H groups in total. The molecular weight excluding hydrogens is 240 g/mol. The van der Waals surface area contributed by atoms with E-state index in [1.54, 1.807) is 6.07 Å². The standard InChI is InChI=1S/C12H15ClN2O2/c13-10-2-4-17-11(10)12(16)15-3-1-8-5-14-6-9(8)7-15/h2,4,8-9,14H,1,3,5-7H2. The summed E-state index contributed by atoms with van der Waals surface area (Å²) >= 11 is 5.91. The van der Waals surface area contributed by atoms with Crippen LogP contribution in [0.5, 0.6) is 0 Å². The molecule has 2 aliphatic rings. The maximum atomic E-state index is 12.2. The van der Waals surface area contributed by atoms with Gasteiger partial charge in [0.2, 0.25) is 5.76 Å². The minimum Gasteiger partial charge on any atom is -0.458 e. The van der Waals surface area contributed by atoms with E-state index < -0.39 is 0 Å². The van der Waals surface area contributed by atoms with Crippen LogP contribution in [0.25, 0.3) is 0 Å². The van der Waals surface area contributed by atoms with Crippen LogP contribution >= 0.6 is 11.6 Å². The van der Waals surface area contributed by atoms with E-state index in [1.165, 1.54) is 6.26 Å². The topological polar surface area (TPSA) is 45.5 Å². The van der Waals surface area contributed by atoms with Crippen LogP contribution in [0.1, 0.15) is 17.0 Å². The zero-order chi connectivity index (χ0) is 11.8. The molecule has 1 aromatic rings. The van der Waals surface area contributed by atoms with Crippen molar-refractivity contribution in [3.63, 3.8) is 0 Å². The lowest BCUT2D eigenvalue weighted by atomic mass is 9.88. The van der Waals surface area contributed by atoms with Crippen molar-refractivity contribution in [3.8, 4) is 0 Å². The molecule has 1 aromatic heterocycles. The second kappa shape index (κ2) is 4.35. The molecule has 2 atom stereocenters. The maximum absolute atomic E-state index is 12.2. The molecule has 1 amide bonds. The number of rotatable bonds is 1. The Morgan fingerprint density at radius 2 is 2.29 bits per heavy atom. The Kier molecular flexibility index (Phi) is 2.84. The number of hydrogen-bond donors (Lipinski definition) is 1. The van der Waals surface area contributed by atoms with E-state index >= 15 is 0 Å². The SMILES string of the molecule is O=C(c1occc1Cl)N1CCC2CNCC2C1. The van der Waals surface area contributed by atoms with Crippen molar-refractivity contribution < 1.29 is 9.21 Å². The van der Waals surface area contributed by atoms with Crippen LogP contribution in [0.2, 0.25) is 5.02 Å². The van der Waals surface area contributed by atoms with Gasteiger partial charge in [-0.15, -0.1) is 0 Å². The van der Waals surface area contributed by atoms with E-state index in [0.29, 0.717) is 10.9 Å². The normalized spacial score (nSPS) is 28.2. The van der Waals surface area contributed by atoms with E-state index in [9.17, 15) is 4.79 Å². The van der Waals surface area contributed by atoms with Crippen LogP contribution in [0, 0.1) is 11.8 Å². The lowest BCUT2D eigenvalue weighted by molar-refractivity contribution is 0.0611. The smallest absolute Gasteiger partial charge is 0.291 e. The van der Waals surface area contributed by atoms with E-state index in [0.717, 1.165) is 38.5 Å². The maximum Gasteiger partial charge on any atom is 0.291 e. The highest BCUT2D eigenvalue weighted by atomic mass is 35.5. The molecule has 2 unspecified atom stereocenters. The number of nitrogens with zero attached hydrogens (tertiary/aromatic N) is 1. The third-order valence-electron chi connectivity index (χ3n) is 3.80. The summed E-state index contributed by atoms with van der Waals surface area (Å²) < 4.78 is 5.15. The second-order valence-electron chi connectivity index (χ2n) is 4.82. The van der Waals surface area contributed by atoms with Crippen LogP contribution in [-0.2, 0) is 0 Å². The van der Waals surface area contributed by atoms with Crippen molar-refractivity contribution >= 4 is 17.5 Å². The first-order chi connectivity index (χ1) is 8.25. The molecule has 3 heterocycles. The van der Waals surface area contributed by atoms with Crippen molar-refractivity contribution in [1.29, 1.82) is 0 Å². The summed E-state index contributed by atoms with van der Waals surface area (Å²) in [6.07, 6.45) is 2.53. The number of fused-ring (bicyclic) bond motifs is 1. The first-order valence-electron chi connectivity index (χ1n) is 5.98. The number of carbonyl (C=O) groups is 1. The third-order valence-corrected chi connectivity index (χ3v) is 4.10. The molecule has 0 aliphatic carbocycles. The molecule has 4 nitrogen and oxygen atoms in total. The van der Waals surface area contributed by atoms with Gasteiger partial charge in [0.05, 0.1) is 11.3 Å². The second-order valence-corrected chi connectivity index (χ2v) is 5.22. The highest BCUT2D eigenvalue weighted by molar-refractivity contribution is 6.33. The Hall–Kier alpha value is -1.00. The Bertz CT molecular complexity index is 432. The molecular formula is C12H15ClN2O2. The van der Waals surface area contributed by atoms with E-state index in [4.69, 9.17) is 16.0 Å². The average Bonchev–Trinajstić information content (AvgIpc) is 2.95. The molecule has 0 bridgehead atoms. The molecule has 5 heteroatoms. The predicted octanol–water partition coefficient (Wildman–Crippen LogP) is 1.61. The van der Waals surface area contributed by atoms with Crippen molar-refractivity contribution in [2.75, 3.05) is 26.2 Å². The van der Waals surface area contributed by atoms with Gasteiger partial charge in [-0.25, -0.2) is 0 Å². The predicted molar refractivity (Wildman–Crippen MR) is 64.1 cm³/mol. The van der Waals surface area contributed by atoms with Crippen molar-refractivity contribution in [1.82, 2.24) is 10.2 Å². The molecule has 92 valence electrons. The number of likely N-dealkylation sites (tertiary alicyclic amines) is 1. The number of carbonyl (C=O) groups excluding carboxylic acids is 1. The Balaban J connectivity index is 1.73. The molecule has 2 fully saturated rings. The summed E-state index contributed by atoms with van der Waals surface area (Å²) in [4.78, 5) is 14.1. The summed E-state index contributed by atoms with van der Waals surface area (Å²) in [5.74, 6) is 1.51. The lowest BCUT2D eigenvalue weighted by Gasteiger charge is -2.33. The minimum atomic E-state index is -0.0784. The van der Waals surface area contributed by atoms with Crippen molar-refractivity contribution in [3.05, 3.63) is 23.1 Å². The van der Waals surface area contributed by atoms with E-state index in [1.807, 2.05) is 4.90 Å². The van der Waals surface area contributed by atoms with Gasteiger partial charge >= 0.3 is 0 Å². The third kappa shape index (κ3) is 1.96. The molecule has 0 aromatic carbocycles. The van der Waals surface area contributed by atoms with Crippen LogP contribution in [0.15, 0.2) is 16.7 Å². The zero-order valence-electron chi connectivity index (χ0n) is 9.49. The van der Waals surface area contributed by atoms with Crippen molar-refractivity contribution in [2.24, 2.45) is 11.8 Å². The largest absolute Gasteiger partial charge is 0.458 e. The molecule has 2 saturated heterocycles. The monoisotopic (exact) mass is 254 g/mol. The molecule has 17 heavy (non-hydrogen) atoms. The van der Waals surface area contributed by atoms with Crippen molar-refractivity contribution in [2.45, 2.75) is 6.42 Å². The Morgan fingerprint density at radius 3 is 3.06 bits per heavy atom. The highest BCUT2D eigenvalue weighted by Crippen LogP contribution is 2.28. The fourth-order valence-corrected chi connectivity index (χ4v) is 2.99. The summed E-state index contributed by atoms with van der Waals surface area (Å²) in [5.41, 5.74) is 0. The Morgan fingerprint density at radius 1 is 1.47 bits per heavy atom. The lowest BCUT2D eigenvalue weighted by Crippen LogP contribution is -2.43. The van der Waals surface area contributed by atoms with Gasteiger partial charge in [-0.3, -0.25) is 4.79 Å². The average molecular weight is 255 g/mol. The quantitative estimate of drug-likeness (QED) is 0.828.